The van der Waals surface area contributed by atoms with Gasteiger partial charge in [0.1, 0.15) is 0 Å². The number of hydrogen-bond acceptors (Lipinski definition) is 2. The molecular formula is C17H18N2O2. The van der Waals surface area contributed by atoms with E-state index in [4.69, 9.17) is 0 Å². The molecule has 1 aromatic heterocycles. The maximum Gasteiger partial charge on any atom is 0.256 e. The molecule has 2 N–H and O–H groups in total. The van der Waals surface area contributed by atoms with Crippen molar-refractivity contribution in [3.05, 3.63) is 52.8 Å². The number of aromatic nitrogens is 1. The monoisotopic (exact) mass is 282 g/mol. The molecule has 0 fully saturated rings. The predicted molar refractivity (Wildman–Crippen MR) is 87.7 cm³/mol. The lowest BCUT2D eigenvalue weighted by Gasteiger charge is -2.06. The van der Waals surface area contributed by atoms with Crippen LogP contribution in [-0.4, -0.2) is 10.9 Å². The summed E-state index contributed by atoms with van der Waals surface area (Å²) in [5, 5.41) is 5.19. The normalized spacial score (nSPS) is 10.0. The number of pyridine rings is 1. The fourth-order valence-electron chi connectivity index (χ4n) is 2.26. The van der Waals surface area contributed by atoms with Gasteiger partial charge in [0.2, 0.25) is 5.91 Å². The van der Waals surface area contributed by atoms with E-state index in [0.717, 1.165) is 22.0 Å². The molecule has 0 unspecified atom stereocenters. The second kappa shape index (κ2) is 6.22. The summed E-state index contributed by atoms with van der Waals surface area (Å²) in [4.78, 5) is 25.9. The van der Waals surface area contributed by atoms with E-state index in [0.29, 0.717) is 5.39 Å². The van der Waals surface area contributed by atoms with E-state index >= 15 is 0 Å². The van der Waals surface area contributed by atoms with Crippen LogP contribution in [0.3, 0.4) is 0 Å². The van der Waals surface area contributed by atoms with Gasteiger partial charge in [-0.15, -0.1) is 0 Å². The van der Waals surface area contributed by atoms with Gasteiger partial charge in [0.25, 0.3) is 5.56 Å². The number of amides is 1. The van der Waals surface area contributed by atoms with Gasteiger partial charge in [-0.25, -0.2) is 0 Å². The van der Waals surface area contributed by atoms with Crippen molar-refractivity contribution in [1.82, 2.24) is 4.98 Å². The van der Waals surface area contributed by atoms with Crippen molar-refractivity contribution in [2.75, 3.05) is 5.32 Å². The molecule has 0 atom stereocenters. The smallest absolute Gasteiger partial charge is 0.256 e. The molecule has 0 spiro atoms. The van der Waals surface area contributed by atoms with E-state index in [1.807, 2.05) is 38.1 Å². The molecule has 2 aromatic carbocycles. The maximum absolute atomic E-state index is 11.9. The first-order valence-electron chi connectivity index (χ1n) is 6.97. The molecule has 21 heavy (non-hydrogen) atoms. The zero-order valence-electron chi connectivity index (χ0n) is 12.4. The Balaban J connectivity index is 0.000000774. The van der Waals surface area contributed by atoms with E-state index in [1.54, 1.807) is 18.2 Å². The lowest BCUT2D eigenvalue weighted by molar-refractivity contribution is -0.114. The van der Waals surface area contributed by atoms with Gasteiger partial charge in [0.15, 0.2) is 0 Å². The second-order valence-electron chi connectivity index (χ2n) is 4.44. The molecule has 4 heteroatoms. The Bertz CT molecular complexity index is 850. The van der Waals surface area contributed by atoms with E-state index in [-0.39, 0.29) is 11.5 Å². The highest BCUT2D eigenvalue weighted by Crippen LogP contribution is 2.24. The number of anilines is 1. The van der Waals surface area contributed by atoms with E-state index in [2.05, 4.69) is 10.3 Å². The third-order valence-corrected chi connectivity index (χ3v) is 3.05. The van der Waals surface area contributed by atoms with Crippen LogP contribution in [0.2, 0.25) is 0 Å². The molecule has 0 saturated carbocycles. The summed E-state index contributed by atoms with van der Waals surface area (Å²) in [6.07, 6.45) is 0. The van der Waals surface area contributed by atoms with Gasteiger partial charge in [-0.05, 0) is 29.7 Å². The van der Waals surface area contributed by atoms with Crippen molar-refractivity contribution in [3.63, 3.8) is 0 Å². The highest BCUT2D eigenvalue weighted by Gasteiger charge is 2.05. The van der Waals surface area contributed by atoms with Gasteiger partial charge in [-0.3, -0.25) is 9.59 Å². The van der Waals surface area contributed by atoms with Gasteiger partial charge >= 0.3 is 0 Å². The Morgan fingerprint density at radius 3 is 2.33 bits per heavy atom. The summed E-state index contributed by atoms with van der Waals surface area (Å²) in [6, 6.07) is 12.9. The number of hydrogen-bond donors (Lipinski definition) is 2. The minimum absolute atomic E-state index is 0.102. The quantitative estimate of drug-likeness (QED) is 0.669. The van der Waals surface area contributed by atoms with E-state index in [9.17, 15) is 9.59 Å². The van der Waals surface area contributed by atoms with Gasteiger partial charge < -0.3 is 10.3 Å². The molecule has 1 heterocycles. The Hall–Kier alpha value is -2.62. The highest BCUT2D eigenvalue weighted by molar-refractivity contribution is 6.07. The van der Waals surface area contributed by atoms with Crippen LogP contribution in [0, 0.1) is 0 Å². The molecule has 108 valence electrons. The summed E-state index contributed by atoms with van der Waals surface area (Å²) in [7, 11) is 0. The third-order valence-electron chi connectivity index (χ3n) is 3.05. The number of aromatic amines is 1. The molecule has 4 nitrogen and oxygen atoms in total. The lowest BCUT2D eigenvalue weighted by atomic mass is 10.1. The van der Waals surface area contributed by atoms with Crippen LogP contribution in [0.25, 0.3) is 21.7 Å². The topological polar surface area (TPSA) is 62.0 Å². The van der Waals surface area contributed by atoms with Crippen molar-refractivity contribution in [2.45, 2.75) is 20.8 Å². The highest BCUT2D eigenvalue weighted by atomic mass is 16.1. The van der Waals surface area contributed by atoms with E-state index < -0.39 is 0 Å². The first-order valence-corrected chi connectivity index (χ1v) is 6.97. The number of carbonyl (C=O) groups is 1. The van der Waals surface area contributed by atoms with Crippen LogP contribution < -0.4 is 10.9 Å². The van der Waals surface area contributed by atoms with Gasteiger partial charge in [0, 0.05) is 28.9 Å². The zero-order chi connectivity index (χ0) is 15.4. The van der Waals surface area contributed by atoms with Crippen LogP contribution in [-0.2, 0) is 4.79 Å². The van der Waals surface area contributed by atoms with Crippen LogP contribution in [0.15, 0.2) is 47.3 Å². The Labute approximate surface area is 122 Å². The average molecular weight is 282 g/mol. The second-order valence-corrected chi connectivity index (χ2v) is 4.44. The van der Waals surface area contributed by atoms with Crippen LogP contribution in [0.5, 0.6) is 0 Å². The zero-order valence-corrected chi connectivity index (χ0v) is 12.4. The summed E-state index contributed by atoms with van der Waals surface area (Å²) in [6.45, 7) is 5.47. The SMILES string of the molecule is CC.CC(=O)Nc1ccc2[nH]c(=O)c3ccccc3c2c1. The number of rotatable bonds is 1. The van der Waals surface area contributed by atoms with Gasteiger partial charge in [-0.2, -0.15) is 0 Å². The molecule has 0 radical (unpaired) electrons. The minimum atomic E-state index is -0.118. The third kappa shape index (κ3) is 2.94. The molecule has 0 bridgehead atoms. The molecule has 0 aliphatic heterocycles. The maximum atomic E-state index is 11.9. The Morgan fingerprint density at radius 1 is 1.00 bits per heavy atom. The number of nitrogens with one attached hydrogen (secondary N) is 2. The molecule has 1 amide bonds. The van der Waals surface area contributed by atoms with Crippen molar-refractivity contribution in [2.24, 2.45) is 0 Å². The summed E-state index contributed by atoms with van der Waals surface area (Å²) in [5.41, 5.74) is 1.38. The van der Waals surface area contributed by atoms with Crippen LogP contribution >= 0.6 is 0 Å². The lowest BCUT2D eigenvalue weighted by Crippen LogP contribution is -2.08. The fraction of sp³-hybridized carbons (Fsp3) is 0.176. The van der Waals surface area contributed by atoms with Gasteiger partial charge in [-0.1, -0.05) is 32.0 Å². The van der Waals surface area contributed by atoms with E-state index in [1.165, 1.54) is 6.92 Å². The first kappa shape index (κ1) is 14.8. The number of H-pyrrole nitrogens is 1. The predicted octanol–water partition coefficient (Wildman–Crippen LogP) is 3.67. The standard InChI is InChI=1S/C15H12N2O2.C2H6/c1-9(18)16-10-6-7-14-13(8-10)11-4-2-3-5-12(11)15(19)17-14;1-2/h2-8H,1H3,(H,16,18)(H,17,19);1-2H3. The number of fused-ring (bicyclic) bond motifs is 3. The first-order chi connectivity index (χ1) is 10.1. The van der Waals surface area contributed by atoms with Crippen LogP contribution in [0.1, 0.15) is 20.8 Å². The van der Waals surface area contributed by atoms with Gasteiger partial charge in [0.05, 0.1) is 0 Å². The molecule has 3 aromatic rings. The molecule has 0 aliphatic rings. The molecule has 3 rings (SSSR count). The molecular weight excluding hydrogens is 264 g/mol. The molecule has 0 aliphatic carbocycles. The Morgan fingerprint density at radius 2 is 1.67 bits per heavy atom. The summed E-state index contributed by atoms with van der Waals surface area (Å²) >= 11 is 0. The number of carbonyl (C=O) groups excluding carboxylic acids is 1. The molecule has 0 saturated heterocycles. The Kier molecular flexibility index (Phi) is 4.38. The average Bonchev–Trinajstić information content (AvgIpc) is 2.50. The van der Waals surface area contributed by atoms with Crippen molar-refractivity contribution in [1.29, 1.82) is 0 Å². The minimum Gasteiger partial charge on any atom is -0.326 e. The van der Waals surface area contributed by atoms with Crippen LogP contribution in [0.4, 0.5) is 5.69 Å². The summed E-state index contributed by atoms with van der Waals surface area (Å²) < 4.78 is 0. The largest absolute Gasteiger partial charge is 0.326 e. The van der Waals surface area contributed by atoms with Crippen molar-refractivity contribution >= 4 is 33.3 Å². The fourth-order valence-corrected chi connectivity index (χ4v) is 2.26. The summed E-state index contributed by atoms with van der Waals surface area (Å²) in [5.74, 6) is -0.118. The van der Waals surface area contributed by atoms with Crippen molar-refractivity contribution < 1.29 is 4.79 Å². The van der Waals surface area contributed by atoms with Crippen molar-refractivity contribution in [3.8, 4) is 0 Å². The number of benzene rings is 2.